The van der Waals surface area contributed by atoms with Crippen LogP contribution in [0.4, 0.5) is 11.5 Å². The molecule has 0 atom stereocenters. The van der Waals surface area contributed by atoms with Crippen LogP contribution in [0.5, 0.6) is 0 Å². The predicted molar refractivity (Wildman–Crippen MR) is 109 cm³/mol. The minimum Gasteiger partial charge on any atom is -0.268 e. The molecule has 0 saturated carbocycles. The van der Waals surface area contributed by atoms with Crippen molar-refractivity contribution in [2.75, 3.05) is 4.90 Å². The molecule has 2 amide bonds. The smallest absolute Gasteiger partial charge is 0.268 e. The number of thioether (sulfide) groups is 1. The van der Waals surface area contributed by atoms with Gasteiger partial charge in [0.25, 0.3) is 17.5 Å². The molecule has 9 nitrogen and oxygen atoms in total. The highest BCUT2D eigenvalue weighted by Gasteiger charge is 2.40. The first-order valence-electron chi connectivity index (χ1n) is 8.44. The van der Waals surface area contributed by atoms with Crippen LogP contribution in [0.2, 0.25) is 5.02 Å². The van der Waals surface area contributed by atoms with E-state index in [0.29, 0.717) is 15.8 Å². The zero-order chi connectivity index (χ0) is 21.4. The summed E-state index contributed by atoms with van der Waals surface area (Å²) in [4.78, 5) is 36.6. The quantitative estimate of drug-likeness (QED) is 0.275. The summed E-state index contributed by atoms with van der Waals surface area (Å²) in [5.74, 6) is -1.10. The van der Waals surface area contributed by atoms with Crippen LogP contribution in [0.1, 0.15) is 31.8 Å². The fourth-order valence-electron chi connectivity index (χ4n) is 2.99. The van der Waals surface area contributed by atoms with E-state index in [4.69, 9.17) is 11.6 Å². The molecular formula is C19H10ClN5O4S. The Morgan fingerprint density at radius 1 is 1.20 bits per heavy atom. The number of nitrogens with one attached hydrogen (secondary N) is 1. The first kappa shape index (κ1) is 19.6. The van der Waals surface area contributed by atoms with Crippen molar-refractivity contribution in [3.63, 3.8) is 0 Å². The standard InChI is InChI=1S/C19H10ClN5O4S/c20-15-4-2-1-3-10(15)9-30-17-14(8-21)16(22-23-17)24-18(26)12-6-5-11(25(28)29)7-13(12)19(24)27/h1-7H,9H2,(H,22,23). The number of anilines is 1. The van der Waals surface area contributed by atoms with Crippen LogP contribution >= 0.6 is 23.4 Å². The molecule has 1 aliphatic heterocycles. The monoisotopic (exact) mass is 439 g/mol. The minimum absolute atomic E-state index is 0.0226. The molecule has 1 aliphatic rings. The van der Waals surface area contributed by atoms with Crippen molar-refractivity contribution in [3.8, 4) is 6.07 Å². The Morgan fingerprint density at radius 3 is 2.63 bits per heavy atom. The molecule has 0 aliphatic carbocycles. The summed E-state index contributed by atoms with van der Waals surface area (Å²) in [6.45, 7) is 0. The predicted octanol–water partition coefficient (Wildman–Crippen LogP) is 3.94. The molecule has 0 fully saturated rings. The van der Waals surface area contributed by atoms with Crippen LogP contribution in [0, 0.1) is 21.4 Å². The number of aromatic nitrogens is 2. The second-order valence-corrected chi connectivity index (χ2v) is 7.55. The topological polar surface area (TPSA) is 133 Å². The van der Waals surface area contributed by atoms with Gasteiger partial charge in [-0.25, -0.2) is 4.90 Å². The second kappa shape index (κ2) is 7.62. The number of imide groups is 1. The van der Waals surface area contributed by atoms with Crippen LogP contribution in [0.3, 0.4) is 0 Å². The average molecular weight is 440 g/mol. The molecule has 0 spiro atoms. The zero-order valence-electron chi connectivity index (χ0n) is 15.0. The van der Waals surface area contributed by atoms with Crippen LogP contribution in [-0.2, 0) is 5.75 Å². The Kier molecular flexibility index (Phi) is 4.99. The van der Waals surface area contributed by atoms with E-state index in [1.165, 1.54) is 17.8 Å². The maximum Gasteiger partial charge on any atom is 0.270 e. The van der Waals surface area contributed by atoms with Gasteiger partial charge in [-0.05, 0) is 17.7 Å². The number of benzene rings is 2. The molecule has 1 N–H and O–H groups in total. The Hall–Kier alpha value is -3.68. The third kappa shape index (κ3) is 3.20. The normalized spacial score (nSPS) is 12.7. The van der Waals surface area contributed by atoms with E-state index in [1.54, 1.807) is 12.1 Å². The van der Waals surface area contributed by atoms with Crippen LogP contribution < -0.4 is 4.90 Å². The number of non-ortho nitro benzene ring substituents is 1. The Morgan fingerprint density at radius 2 is 1.93 bits per heavy atom. The fourth-order valence-corrected chi connectivity index (χ4v) is 4.21. The van der Waals surface area contributed by atoms with Gasteiger partial charge >= 0.3 is 0 Å². The lowest BCUT2D eigenvalue weighted by Gasteiger charge is -2.11. The number of hydrogen-bond acceptors (Lipinski definition) is 7. The van der Waals surface area contributed by atoms with Crippen molar-refractivity contribution < 1.29 is 14.5 Å². The number of halogens is 1. The van der Waals surface area contributed by atoms with Gasteiger partial charge in [0.1, 0.15) is 16.7 Å². The summed E-state index contributed by atoms with van der Waals surface area (Å²) in [5, 5.41) is 28.1. The van der Waals surface area contributed by atoms with Gasteiger partial charge in [-0.3, -0.25) is 24.8 Å². The van der Waals surface area contributed by atoms with Gasteiger partial charge in [0, 0.05) is 22.9 Å². The summed E-state index contributed by atoms with van der Waals surface area (Å²) in [6, 6.07) is 12.6. The van der Waals surface area contributed by atoms with E-state index in [-0.39, 0.29) is 28.2 Å². The van der Waals surface area contributed by atoms with Gasteiger partial charge in [-0.15, -0.1) is 0 Å². The van der Waals surface area contributed by atoms with Crippen molar-refractivity contribution in [1.82, 2.24) is 10.2 Å². The highest BCUT2D eigenvalue weighted by atomic mass is 35.5. The van der Waals surface area contributed by atoms with Gasteiger partial charge in [0.05, 0.1) is 16.1 Å². The Bertz CT molecular complexity index is 1270. The SMILES string of the molecule is N#Cc1c(SCc2ccccc2Cl)n[nH]c1N1C(=O)c2ccc([N+](=O)[O-])cc2C1=O. The number of aromatic amines is 1. The number of nitro groups is 1. The molecule has 2 heterocycles. The highest BCUT2D eigenvalue weighted by molar-refractivity contribution is 7.98. The number of nitro benzene ring substituents is 1. The molecule has 3 aromatic rings. The maximum atomic E-state index is 12.8. The van der Waals surface area contributed by atoms with Crippen LogP contribution in [0.15, 0.2) is 47.5 Å². The van der Waals surface area contributed by atoms with Crippen molar-refractivity contribution in [2.45, 2.75) is 10.8 Å². The average Bonchev–Trinajstić information content (AvgIpc) is 3.25. The summed E-state index contributed by atoms with van der Waals surface area (Å²) in [6.07, 6.45) is 0. The molecule has 1 aromatic heterocycles. The number of amides is 2. The molecular weight excluding hydrogens is 430 g/mol. The molecule has 30 heavy (non-hydrogen) atoms. The first-order valence-corrected chi connectivity index (χ1v) is 9.80. The summed E-state index contributed by atoms with van der Waals surface area (Å²) in [7, 11) is 0. The number of fused-ring (bicyclic) bond motifs is 1. The molecule has 148 valence electrons. The maximum absolute atomic E-state index is 12.8. The van der Waals surface area contributed by atoms with Crippen molar-refractivity contribution in [1.29, 1.82) is 5.26 Å². The summed E-state index contributed by atoms with van der Waals surface area (Å²) in [5.41, 5.74) is 0.479. The second-order valence-electron chi connectivity index (χ2n) is 6.18. The molecule has 11 heteroatoms. The molecule has 4 rings (SSSR count). The van der Waals surface area contributed by atoms with E-state index in [1.807, 2.05) is 18.2 Å². The van der Waals surface area contributed by atoms with Gasteiger partial charge in [-0.1, -0.05) is 41.6 Å². The third-order valence-electron chi connectivity index (χ3n) is 4.45. The molecule has 0 unspecified atom stereocenters. The molecule has 0 bridgehead atoms. The van der Waals surface area contributed by atoms with E-state index in [2.05, 4.69) is 10.2 Å². The number of carbonyl (C=O) groups is 2. The number of nitriles is 1. The van der Waals surface area contributed by atoms with E-state index in [9.17, 15) is 25.0 Å². The highest BCUT2D eigenvalue weighted by Crippen LogP contribution is 2.35. The Balaban J connectivity index is 1.66. The fraction of sp³-hybridized carbons (Fsp3) is 0.0526. The van der Waals surface area contributed by atoms with E-state index in [0.717, 1.165) is 22.6 Å². The number of hydrogen-bond donors (Lipinski definition) is 1. The van der Waals surface area contributed by atoms with E-state index >= 15 is 0 Å². The van der Waals surface area contributed by atoms with Crippen molar-refractivity contribution in [2.24, 2.45) is 0 Å². The number of H-pyrrole nitrogens is 1. The summed E-state index contributed by atoms with van der Waals surface area (Å²) >= 11 is 7.37. The molecule has 2 aromatic carbocycles. The minimum atomic E-state index is -0.762. The lowest BCUT2D eigenvalue weighted by molar-refractivity contribution is -0.384. The van der Waals surface area contributed by atoms with Gasteiger partial charge in [-0.2, -0.15) is 10.4 Å². The van der Waals surface area contributed by atoms with Crippen LogP contribution in [0.25, 0.3) is 0 Å². The first-order chi connectivity index (χ1) is 14.4. The lowest BCUT2D eigenvalue weighted by Crippen LogP contribution is -2.30. The zero-order valence-corrected chi connectivity index (χ0v) is 16.5. The van der Waals surface area contributed by atoms with Gasteiger partial charge in [0.2, 0.25) is 0 Å². The molecule has 0 saturated heterocycles. The molecule has 0 radical (unpaired) electrons. The van der Waals surface area contributed by atoms with Crippen LogP contribution in [-0.4, -0.2) is 26.9 Å². The lowest BCUT2D eigenvalue weighted by atomic mass is 10.1. The van der Waals surface area contributed by atoms with Crippen molar-refractivity contribution in [3.05, 3.63) is 79.9 Å². The van der Waals surface area contributed by atoms with E-state index < -0.39 is 16.7 Å². The van der Waals surface area contributed by atoms with Crippen molar-refractivity contribution >= 4 is 46.7 Å². The third-order valence-corrected chi connectivity index (χ3v) is 5.85. The number of nitrogens with zero attached hydrogens (tertiary/aromatic N) is 4. The van der Waals surface area contributed by atoms with Gasteiger partial charge in [0.15, 0.2) is 5.82 Å². The Labute approximate surface area is 178 Å². The number of carbonyl (C=O) groups excluding carboxylic acids is 2. The largest absolute Gasteiger partial charge is 0.270 e. The van der Waals surface area contributed by atoms with Gasteiger partial charge < -0.3 is 0 Å². The summed E-state index contributed by atoms with van der Waals surface area (Å²) < 4.78 is 0. The number of rotatable bonds is 5.